The molecule has 27 heavy (non-hydrogen) atoms. The van der Waals surface area contributed by atoms with Gasteiger partial charge in [-0.05, 0) is 31.5 Å². The Morgan fingerprint density at radius 1 is 1.15 bits per heavy atom. The number of rotatable bonds is 7. The molecule has 8 nitrogen and oxygen atoms in total. The van der Waals surface area contributed by atoms with Crippen LogP contribution in [0.25, 0.3) is 11.3 Å². The summed E-state index contributed by atoms with van der Waals surface area (Å²) in [5, 5.41) is 17.2. The minimum atomic E-state index is -0.411. The van der Waals surface area contributed by atoms with Gasteiger partial charge < -0.3 is 10.6 Å². The highest BCUT2D eigenvalue weighted by atomic mass is 16.6. The molecule has 8 heteroatoms. The maximum absolute atomic E-state index is 10.8. The van der Waals surface area contributed by atoms with Gasteiger partial charge in [-0.1, -0.05) is 12.1 Å². The standard InChI is InChI=1S/C19H20N6O2/c1-13(2)22-19-23-17(15-4-3-9-20-12-15)10-18(24-19)21-11-14-5-7-16(8-6-14)25(26)27/h3-10,12-13H,11H2,1-2H3,(H2,21,22,23,24). The number of anilines is 2. The molecule has 2 N–H and O–H groups in total. The second-order valence-corrected chi connectivity index (χ2v) is 6.28. The van der Waals surface area contributed by atoms with Gasteiger partial charge in [0, 0.05) is 48.7 Å². The van der Waals surface area contributed by atoms with Crippen molar-refractivity contribution in [2.24, 2.45) is 0 Å². The Balaban J connectivity index is 1.82. The maximum Gasteiger partial charge on any atom is 0.269 e. The highest BCUT2D eigenvalue weighted by Gasteiger charge is 2.09. The lowest BCUT2D eigenvalue weighted by molar-refractivity contribution is -0.384. The maximum atomic E-state index is 10.8. The molecular formula is C19H20N6O2. The van der Waals surface area contributed by atoms with E-state index in [1.807, 2.05) is 32.0 Å². The molecule has 1 aromatic carbocycles. The summed E-state index contributed by atoms with van der Waals surface area (Å²) in [7, 11) is 0. The number of pyridine rings is 1. The van der Waals surface area contributed by atoms with Crippen molar-refractivity contribution in [2.45, 2.75) is 26.4 Å². The summed E-state index contributed by atoms with van der Waals surface area (Å²) in [5.41, 5.74) is 2.64. The number of aromatic nitrogens is 3. The van der Waals surface area contributed by atoms with Gasteiger partial charge >= 0.3 is 0 Å². The van der Waals surface area contributed by atoms with Gasteiger partial charge in [0.2, 0.25) is 5.95 Å². The van der Waals surface area contributed by atoms with E-state index in [4.69, 9.17) is 0 Å². The largest absolute Gasteiger partial charge is 0.366 e. The van der Waals surface area contributed by atoms with Gasteiger partial charge in [-0.3, -0.25) is 15.1 Å². The first-order valence-corrected chi connectivity index (χ1v) is 8.54. The van der Waals surface area contributed by atoms with E-state index >= 15 is 0 Å². The molecule has 3 aromatic rings. The zero-order chi connectivity index (χ0) is 19.2. The van der Waals surface area contributed by atoms with E-state index in [1.54, 1.807) is 24.5 Å². The third kappa shape index (κ3) is 4.97. The fraction of sp³-hybridized carbons (Fsp3) is 0.211. The molecule has 0 fully saturated rings. The van der Waals surface area contributed by atoms with Gasteiger partial charge in [-0.2, -0.15) is 4.98 Å². The Labute approximate surface area is 156 Å². The van der Waals surface area contributed by atoms with Crippen molar-refractivity contribution in [3.63, 3.8) is 0 Å². The fourth-order valence-electron chi connectivity index (χ4n) is 2.45. The summed E-state index contributed by atoms with van der Waals surface area (Å²) in [5.74, 6) is 1.18. The molecule has 0 atom stereocenters. The number of nitro benzene ring substituents is 1. The molecule has 0 bridgehead atoms. The summed E-state index contributed by atoms with van der Waals surface area (Å²) in [6, 6.07) is 12.3. The summed E-state index contributed by atoms with van der Waals surface area (Å²) in [4.78, 5) is 23.5. The number of nitro groups is 1. The third-order valence-corrected chi connectivity index (χ3v) is 3.72. The number of nitrogens with zero attached hydrogens (tertiary/aromatic N) is 4. The van der Waals surface area contributed by atoms with Crippen molar-refractivity contribution in [3.05, 3.63) is 70.5 Å². The average Bonchev–Trinajstić information content (AvgIpc) is 2.66. The number of hydrogen-bond donors (Lipinski definition) is 2. The van der Waals surface area contributed by atoms with Crippen molar-refractivity contribution >= 4 is 17.5 Å². The Bertz CT molecular complexity index is 913. The van der Waals surface area contributed by atoms with Crippen molar-refractivity contribution in [1.29, 1.82) is 0 Å². The van der Waals surface area contributed by atoms with Crippen LogP contribution in [0.5, 0.6) is 0 Å². The van der Waals surface area contributed by atoms with Gasteiger partial charge in [0.05, 0.1) is 10.6 Å². The van der Waals surface area contributed by atoms with Crippen LogP contribution in [0, 0.1) is 10.1 Å². The van der Waals surface area contributed by atoms with Gasteiger partial charge in [-0.25, -0.2) is 4.98 Å². The molecule has 0 amide bonds. The highest BCUT2D eigenvalue weighted by molar-refractivity contribution is 5.63. The predicted molar refractivity (Wildman–Crippen MR) is 104 cm³/mol. The van der Waals surface area contributed by atoms with Crippen LogP contribution in [-0.2, 0) is 6.54 Å². The number of nitrogens with one attached hydrogen (secondary N) is 2. The van der Waals surface area contributed by atoms with E-state index in [-0.39, 0.29) is 11.7 Å². The average molecular weight is 364 g/mol. The van der Waals surface area contributed by atoms with Gasteiger partial charge in [0.15, 0.2) is 0 Å². The van der Waals surface area contributed by atoms with E-state index in [1.165, 1.54) is 12.1 Å². The lowest BCUT2D eigenvalue weighted by Gasteiger charge is -2.13. The summed E-state index contributed by atoms with van der Waals surface area (Å²) >= 11 is 0. The molecule has 0 saturated carbocycles. The van der Waals surface area contributed by atoms with E-state index in [0.717, 1.165) is 16.8 Å². The lowest BCUT2D eigenvalue weighted by Crippen LogP contribution is -2.14. The Kier molecular flexibility index (Phi) is 5.55. The van der Waals surface area contributed by atoms with Gasteiger partial charge in [0.25, 0.3) is 5.69 Å². The summed E-state index contributed by atoms with van der Waals surface area (Å²) in [6.07, 6.45) is 3.47. The smallest absolute Gasteiger partial charge is 0.269 e. The number of non-ortho nitro benzene ring substituents is 1. The van der Waals surface area contributed by atoms with E-state index < -0.39 is 4.92 Å². The monoisotopic (exact) mass is 364 g/mol. The van der Waals surface area contributed by atoms with Crippen molar-refractivity contribution < 1.29 is 4.92 Å². The van der Waals surface area contributed by atoms with Gasteiger partial charge in [0.1, 0.15) is 5.82 Å². The third-order valence-electron chi connectivity index (χ3n) is 3.72. The molecule has 0 unspecified atom stereocenters. The summed E-state index contributed by atoms with van der Waals surface area (Å²) < 4.78 is 0. The molecule has 2 heterocycles. The lowest BCUT2D eigenvalue weighted by atomic mass is 10.2. The zero-order valence-electron chi connectivity index (χ0n) is 15.1. The van der Waals surface area contributed by atoms with Gasteiger partial charge in [-0.15, -0.1) is 0 Å². The normalized spacial score (nSPS) is 10.6. The van der Waals surface area contributed by atoms with Crippen LogP contribution in [0.15, 0.2) is 54.9 Å². The van der Waals surface area contributed by atoms with Crippen LogP contribution >= 0.6 is 0 Å². The molecule has 2 aromatic heterocycles. The second-order valence-electron chi connectivity index (χ2n) is 6.28. The van der Waals surface area contributed by atoms with Crippen LogP contribution in [-0.4, -0.2) is 25.9 Å². The quantitative estimate of drug-likeness (QED) is 0.484. The van der Waals surface area contributed by atoms with Crippen LogP contribution in [0.3, 0.4) is 0 Å². The van der Waals surface area contributed by atoms with E-state index in [0.29, 0.717) is 18.3 Å². The van der Waals surface area contributed by atoms with Crippen LogP contribution < -0.4 is 10.6 Å². The fourth-order valence-corrected chi connectivity index (χ4v) is 2.45. The first kappa shape index (κ1) is 18.2. The molecular weight excluding hydrogens is 344 g/mol. The van der Waals surface area contributed by atoms with E-state index in [9.17, 15) is 10.1 Å². The van der Waals surface area contributed by atoms with Crippen molar-refractivity contribution in [2.75, 3.05) is 10.6 Å². The first-order chi connectivity index (χ1) is 13.0. The molecule has 0 aliphatic heterocycles. The summed E-state index contributed by atoms with van der Waals surface area (Å²) in [6.45, 7) is 4.52. The zero-order valence-corrected chi connectivity index (χ0v) is 15.1. The molecule has 0 radical (unpaired) electrons. The number of hydrogen-bond acceptors (Lipinski definition) is 7. The minimum Gasteiger partial charge on any atom is -0.366 e. The Morgan fingerprint density at radius 3 is 2.56 bits per heavy atom. The molecule has 3 rings (SSSR count). The molecule has 0 saturated heterocycles. The SMILES string of the molecule is CC(C)Nc1nc(NCc2ccc([N+](=O)[O-])cc2)cc(-c2cccnc2)n1. The second kappa shape index (κ2) is 8.22. The molecule has 0 aliphatic rings. The highest BCUT2D eigenvalue weighted by Crippen LogP contribution is 2.21. The topological polar surface area (TPSA) is 106 Å². The predicted octanol–water partition coefficient (Wildman–Crippen LogP) is 3.88. The van der Waals surface area contributed by atoms with Crippen LogP contribution in [0.1, 0.15) is 19.4 Å². The molecule has 0 aliphatic carbocycles. The first-order valence-electron chi connectivity index (χ1n) is 8.54. The Morgan fingerprint density at radius 2 is 1.93 bits per heavy atom. The minimum absolute atomic E-state index is 0.0723. The molecule has 138 valence electrons. The number of benzene rings is 1. The van der Waals surface area contributed by atoms with Crippen LogP contribution in [0.2, 0.25) is 0 Å². The van der Waals surface area contributed by atoms with Crippen molar-refractivity contribution in [3.8, 4) is 11.3 Å². The Hall–Kier alpha value is -3.55. The van der Waals surface area contributed by atoms with E-state index in [2.05, 4.69) is 25.6 Å². The van der Waals surface area contributed by atoms with Crippen LogP contribution in [0.4, 0.5) is 17.5 Å². The molecule has 0 spiro atoms. The van der Waals surface area contributed by atoms with Crippen molar-refractivity contribution in [1.82, 2.24) is 15.0 Å².